The summed E-state index contributed by atoms with van der Waals surface area (Å²) in [5.74, 6) is 1.20. The van der Waals surface area contributed by atoms with Crippen molar-refractivity contribution in [1.29, 1.82) is 0 Å². The van der Waals surface area contributed by atoms with Gasteiger partial charge in [0.1, 0.15) is 5.75 Å². The average molecular weight is 612 g/mol. The number of carbonyl (C=O) groups excluding carboxylic acids is 1. The van der Waals surface area contributed by atoms with Gasteiger partial charge >= 0.3 is 0 Å². The minimum absolute atomic E-state index is 0.0494. The van der Waals surface area contributed by atoms with Gasteiger partial charge in [-0.15, -0.1) is 0 Å². The number of fused-ring (bicyclic) bond motifs is 1. The van der Waals surface area contributed by atoms with Crippen LogP contribution in [0.25, 0.3) is 11.1 Å². The summed E-state index contributed by atoms with van der Waals surface area (Å²) >= 11 is 0. The number of nitrogens with one attached hydrogen (secondary N) is 3. The molecule has 2 unspecified atom stereocenters. The fraction of sp³-hybridized carbons (Fsp3) is 0.306. The molecule has 3 N–H and O–H groups in total. The first-order valence-electron chi connectivity index (χ1n) is 15.3. The number of sulfonamides is 1. The van der Waals surface area contributed by atoms with Crippen LogP contribution in [0.2, 0.25) is 0 Å². The predicted octanol–water partition coefficient (Wildman–Crippen LogP) is 6.54. The molecule has 1 aliphatic rings. The van der Waals surface area contributed by atoms with Crippen LogP contribution in [0.15, 0.2) is 108 Å². The average Bonchev–Trinajstić information content (AvgIpc) is 3.03. The fourth-order valence-corrected chi connectivity index (χ4v) is 6.67. The Balaban J connectivity index is 1.29. The van der Waals surface area contributed by atoms with Crippen molar-refractivity contribution < 1.29 is 17.9 Å². The van der Waals surface area contributed by atoms with Crippen molar-refractivity contribution >= 4 is 15.9 Å². The number of rotatable bonds is 13. The second kappa shape index (κ2) is 14.7. The highest BCUT2D eigenvalue weighted by molar-refractivity contribution is 7.89. The summed E-state index contributed by atoms with van der Waals surface area (Å²) in [6.45, 7) is 6.64. The largest absolute Gasteiger partial charge is 0.493 e. The summed E-state index contributed by atoms with van der Waals surface area (Å²) in [6, 6.07) is 30.9. The molecule has 1 amide bonds. The van der Waals surface area contributed by atoms with Gasteiger partial charge in [0.05, 0.1) is 23.6 Å². The van der Waals surface area contributed by atoms with E-state index in [2.05, 4.69) is 35.3 Å². The van der Waals surface area contributed by atoms with Crippen LogP contribution in [0.5, 0.6) is 5.75 Å². The number of ether oxygens (including phenoxy) is 1. The monoisotopic (exact) mass is 611 g/mol. The Morgan fingerprint density at radius 3 is 2.36 bits per heavy atom. The predicted molar refractivity (Wildman–Crippen MR) is 175 cm³/mol. The van der Waals surface area contributed by atoms with Gasteiger partial charge in [0, 0.05) is 24.9 Å². The van der Waals surface area contributed by atoms with Crippen LogP contribution < -0.4 is 20.1 Å². The molecular formula is C36H41N3O4S. The quantitative estimate of drug-likeness (QED) is 0.149. The summed E-state index contributed by atoms with van der Waals surface area (Å²) in [5, 5.41) is 6.63. The molecule has 5 rings (SSSR count). The number of carbonyl (C=O) groups is 1. The van der Waals surface area contributed by atoms with E-state index in [1.165, 1.54) is 0 Å². The lowest BCUT2D eigenvalue weighted by Crippen LogP contribution is -2.36. The molecule has 2 atom stereocenters. The second-order valence-electron chi connectivity index (χ2n) is 11.7. The molecule has 0 aliphatic carbocycles. The zero-order valence-corrected chi connectivity index (χ0v) is 26.1. The third kappa shape index (κ3) is 8.34. The molecule has 4 aromatic rings. The number of amides is 1. The summed E-state index contributed by atoms with van der Waals surface area (Å²) in [6.07, 6.45) is 1.71. The van der Waals surface area contributed by atoms with Crippen LogP contribution >= 0.6 is 0 Å². The SMILES string of the molecule is CC(C)CCNCc1ccc2c(c1)OCCC2NC(=O)CC(NS(=O)(=O)c1cccc(-c2ccccc2)c1)c1ccccc1. The Morgan fingerprint density at radius 2 is 1.61 bits per heavy atom. The van der Waals surface area contributed by atoms with Crippen LogP contribution in [0.4, 0.5) is 0 Å². The number of benzene rings is 4. The molecule has 0 saturated carbocycles. The number of hydrogen-bond acceptors (Lipinski definition) is 5. The van der Waals surface area contributed by atoms with E-state index in [4.69, 9.17) is 4.74 Å². The van der Waals surface area contributed by atoms with Gasteiger partial charge in [-0.2, -0.15) is 0 Å². The van der Waals surface area contributed by atoms with Gasteiger partial charge in [-0.1, -0.05) is 98.8 Å². The van der Waals surface area contributed by atoms with E-state index in [9.17, 15) is 13.2 Å². The van der Waals surface area contributed by atoms with Crippen LogP contribution in [-0.2, 0) is 21.4 Å². The first-order valence-corrected chi connectivity index (χ1v) is 16.8. The minimum atomic E-state index is -3.94. The first-order chi connectivity index (χ1) is 21.3. The zero-order chi connectivity index (χ0) is 30.9. The molecule has 0 spiro atoms. The van der Waals surface area contributed by atoms with Crippen molar-refractivity contribution in [3.8, 4) is 16.9 Å². The summed E-state index contributed by atoms with van der Waals surface area (Å²) in [4.78, 5) is 13.6. The van der Waals surface area contributed by atoms with Crippen LogP contribution in [0.3, 0.4) is 0 Å². The lowest BCUT2D eigenvalue weighted by molar-refractivity contribution is -0.122. The highest BCUT2D eigenvalue weighted by Gasteiger charge is 2.27. The van der Waals surface area contributed by atoms with Gasteiger partial charge in [-0.25, -0.2) is 13.1 Å². The highest BCUT2D eigenvalue weighted by Crippen LogP contribution is 2.33. The molecule has 8 heteroatoms. The van der Waals surface area contributed by atoms with E-state index < -0.39 is 16.1 Å². The van der Waals surface area contributed by atoms with Crippen molar-refractivity contribution in [1.82, 2.24) is 15.4 Å². The maximum absolute atomic E-state index is 13.6. The highest BCUT2D eigenvalue weighted by atomic mass is 32.2. The molecular weight excluding hydrogens is 570 g/mol. The lowest BCUT2D eigenvalue weighted by Gasteiger charge is -2.28. The van der Waals surface area contributed by atoms with Crippen LogP contribution in [-0.4, -0.2) is 27.5 Å². The van der Waals surface area contributed by atoms with Gasteiger partial charge in [0.15, 0.2) is 0 Å². The van der Waals surface area contributed by atoms with Gasteiger partial charge < -0.3 is 15.4 Å². The van der Waals surface area contributed by atoms with Crippen molar-refractivity contribution in [2.24, 2.45) is 5.92 Å². The Kier molecular flexibility index (Phi) is 10.5. The molecule has 0 radical (unpaired) electrons. The van der Waals surface area contributed by atoms with E-state index >= 15 is 0 Å². The molecule has 1 heterocycles. The molecule has 0 saturated heterocycles. The molecule has 44 heavy (non-hydrogen) atoms. The third-order valence-electron chi connectivity index (χ3n) is 7.82. The van der Waals surface area contributed by atoms with Gasteiger partial charge in [0.25, 0.3) is 0 Å². The molecule has 4 aromatic carbocycles. The summed E-state index contributed by atoms with van der Waals surface area (Å²) < 4.78 is 36.0. The van der Waals surface area contributed by atoms with Crippen molar-refractivity contribution in [3.63, 3.8) is 0 Å². The Morgan fingerprint density at radius 1 is 0.886 bits per heavy atom. The van der Waals surface area contributed by atoms with Crippen LogP contribution in [0, 0.1) is 5.92 Å². The van der Waals surface area contributed by atoms with E-state index in [1.807, 2.05) is 78.9 Å². The number of hydrogen-bond donors (Lipinski definition) is 3. The third-order valence-corrected chi connectivity index (χ3v) is 9.29. The van der Waals surface area contributed by atoms with Crippen molar-refractivity contribution in [2.75, 3.05) is 13.2 Å². The molecule has 1 aliphatic heterocycles. The zero-order valence-electron chi connectivity index (χ0n) is 25.3. The van der Waals surface area contributed by atoms with E-state index in [0.29, 0.717) is 24.5 Å². The summed E-state index contributed by atoms with van der Waals surface area (Å²) in [5.41, 5.74) is 4.51. The maximum Gasteiger partial charge on any atom is 0.241 e. The lowest BCUT2D eigenvalue weighted by atomic mass is 9.98. The van der Waals surface area contributed by atoms with Gasteiger partial charge in [-0.3, -0.25) is 4.79 Å². The first kappa shape index (κ1) is 31.4. The molecule has 0 bridgehead atoms. The summed E-state index contributed by atoms with van der Waals surface area (Å²) in [7, 11) is -3.94. The fourth-order valence-electron chi connectivity index (χ4n) is 5.40. The van der Waals surface area contributed by atoms with Crippen molar-refractivity contribution in [2.45, 2.75) is 56.6 Å². The Bertz CT molecular complexity index is 1640. The Labute approximate surface area is 261 Å². The smallest absolute Gasteiger partial charge is 0.241 e. The van der Waals surface area contributed by atoms with Crippen molar-refractivity contribution in [3.05, 3.63) is 120 Å². The van der Waals surface area contributed by atoms with E-state index in [-0.39, 0.29) is 23.3 Å². The van der Waals surface area contributed by atoms with Gasteiger partial charge in [0.2, 0.25) is 15.9 Å². The maximum atomic E-state index is 13.6. The normalized spacial score (nSPS) is 15.3. The van der Waals surface area contributed by atoms with E-state index in [1.54, 1.807) is 18.2 Å². The topological polar surface area (TPSA) is 96.5 Å². The van der Waals surface area contributed by atoms with E-state index in [0.717, 1.165) is 47.5 Å². The second-order valence-corrected chi connectivity index (χ2v) is 13.4. The minimum Gasteiger partial charge on any atom is -0.493 e. The molecule has 0 aromatic heterocycles. The van der Waals surface area contributed by atoms with Crippen LogP contribution in [0.1, 0.15) is 61.9 Å². The molecule has 230 valence electrons. The standard InChI is InChI=1S/C36H41N3O4S/c1-26(2)18-20-37-25-27-16-17-32-33(19-21-43-35(32)22-27)38-36(40)24-34(29-12-7-4-8-13-29)39-44(41,42)31-15-9-14-30(23-31)28-10-5-3-6-11-28/h3-17,22-23,26,33-34,37,39H,18-21,24-25H2,1-2H3,(H,38,40). The molecule has 7 nitrogen and oxygen atoms in total. The Hall–Kier alpha value is -3.98. The van der Waals surface area contributed by atoms with Gasteiger partial charge in [-0.05, 0) is 59.3 Å². The molecule has 0 fully saturated rings.